The van der Waals surface area contributed by atoms with Gasteiger partial charge in [0.05, 0.1) is 19.3 Å². The third kappa shape index (κ3) is 6.45. The van der Waals surface area contributed by atoms with Gasteiger partial charge >= 0.3 is 5.97 Å². The number of hydrazone groups is 1. The van der Waals surface area contributed by atoms with Crippen molar-refractivity contribution in [2.75, 3.05) is 36.4 Å². The number of carboxylic acids is 1. The van der Waals surface area contributed by atoms with E-state index in [0.29, 0.717) is 5.56 Å². The van der Waals surface area contributed by atoms with Gasteiger partial charge in [0.25, 0.3) is 5.91 Å². The third-order valence-electron chi connectivity index (χ3n) is 7.81. The first-order valence-corrected chi connectivity index (χ1v) is 13.7. The first kappa shape index (κ1) is 26.4. The molecule has 202 valence electrons. The molecule has 2 aliphatic rings. The maximum absolute atomic E-state index is 13.0. The molecule has 0 radical (unpaired) electrons. The number of rotatable bonds is 8. The smallest absolute Gasteiger partial charge is 0.303 e. The highest BCUT2D eigenvalue weighted by Gasteiger charge is 2.30. The first-order chi connectivity index (χ1) is 19.0. The van der Waals surface area contributed by atoms with Gasteiger partial charge in [-0.2, -0.15) is 5.10 Å². The molecule has 1 aliphatic carbocycles. The second kappa shape index (κ2) is 12.1. The Bertz CT molecular complexity index is 1320. The second-order valence-corrected chi connectivity index (χ2v) is 10.3. The largest absolute Gasteiger partial charge is 0.481 e. The van der Waals surface area contributed by atoms with E-state index in [9.17, 15) is 14.7 Å². The van der Waals surface area contributed by atoms with Crippen LogP contribution in [0.4, 0.5) is 11.5 Å². The fourth-order valence-corrected chi connectivity index (χ4v) is 5.72. The lowest BCUT2D eigenvalue weighted by molar-refractivity contribution is -0.138. The highest BCUT2D eigenvalue weighted by Crippen LogP contribution is 2.41. The zero-order valence-corrected chi connectivity index (χ0v) is 22.3. The van der Waals surface area contributed by atoms with Gasteiger partial charge in [-0.1, -0.05) is 31.2 Å². The van der Waals surface area contributed by atoms with Crippen LogP contribution in [-0.4, -0.2) is 59.4 Å². The average molecular weight is 526 g/mol. The van der Waals surface area contributed by atoms with Gasteiger partial charge in [-0.05, 0) is 84.2 Å². The molecule has 0 saturated carbocycles. The van der Waals surface area contributed by atoms with Crippen molar-refractivity contribution in [1.82, 2.24) is 9.99 Å². The summed E-state index contributed by atoms with van der Waals surface area (Å²) >= 11 is 0. The summed E-state index contributed by atoms with van der Waals surface area (Å²) in [6, 6.07) is 19.4. The van der Waals surface area contributed by atoms with E-state index in [2.05, 4.69) is 38.3 Å². The minimum Gasteiger partial charge on any atom is -0.481 e. The van der Waals surface area contributed by atoms with Crippen LogP contribution in [0.15, 0.2) is 72.0 Å². The molecule has 2 heterocycles. The molecule has 1 aliphatic heterocycles. The molecule has 1 aromatic heterocycles. The number of aromatic nitrogens is 1. The molecule has 8 heteroatoms. The summed E-state index contributed by atoms with van der Waals surface area (Å²) in [6.07, 6.45) is 6.48. The van der Waals surface area contributed by atoms with Gasteiger partial charge in [-0.15, -0.1) is 0 Å². The molecule has 39 heavy (non-hydrogen) atoms. The zero-order chi connectivity index (χ0) is 27.2. The topological polar surface area (TPSA) is 98.1 Å². The standard InChI is InChI=1S/C31H35N5O3/c1-2-27-25(19-30(37)38)11-10-23-12-13-26(20-28(23)27)34-31(39)24-8-6-22(7-9-24)21-33-36-17-15-35(16-18-36)29-5-3-4-14-32-29/h3-9,12-14,20-21,25,27H,2,10-11,15-19H2,1H3,(H,34,39)(H,37,38). The minimum atomic E-state index is -0.747. The van der Waals surface area contributed by atoms with E-state index in [1.54, 1.807) is 0 Å². The summed E-state index contributed by atoms with van der Waals surface area (Å²) in [7, 11) is 0. The molecule has 2 aromatic carbocycles. The van der Waals surface area contributed by atoms with Crippen LogP contribution in [0.2, 0.25) is 0 Å². The van der Waals surface area contributed by atoms with Gasteiger partial charge in [-0.3, -0.25) is 14.6 Å². The van der Waals surface area contributed by atoms with E-state index in [1.807, 2.05) is 67.0 Å². The van der Waals surface area contributed by atoms with Crippen LogP contribution < -0.4 is 10.2 Å². The van der Waals surface area contributed by atoms with Crippen LogP contribution in [0, 0.1) is 5.92 Å². The summed E-state index contributed by atoms with van der Waals surface area (Å²) < 4.78 is 0. The van der Waals surface area contributed by atoms with Crippen LogP contribution in [0.5, 0.6) is 0 Å². The highest BCUT2D eigenvalue weighted by molar-refractivity contribution is 6.04. The number of carbonyl (C=O) groups excluding carboxylic acids is 1. The Morgan fingerprint density at radius 3 is 2.56 bits per heavy atom. The minimum absolute atomic E-state index is 0.130. The fourth-order valence-electron chi connectivity index (χ4n) is 5.72. The summed E-state index contributed by atoms with van der Waals surface area (Å²) in [5.41, 5.74) is 4.67. The number of aliphatic carboxylic acids is 1. The molecule has 3 aromatic rings. The number of pyridine rings is 1. The maximum atomic E-state index is 13.0. The Morgan fingerprint density at radius 2 is 1.87 bits per heavy atom. The lowest BCUT2D eigenvalue weighted by Crippen LogP contribution is -2.44. The van der Waals surface area contributed by atoms with Crippen LogP contribution in [0.3, 0.4) is 0 Å². The van der Waals surface area contributed by atoms with E-state index in [4.69, 9.17) is 0 Å². The number of anilines is 2. The monoisotopic (exact) mass is 525 g/mol. The molecule has 1 amide bonds. The number of amides is 1. The molecule has 1 fully saturated rings. The van der Waals surface area contributed by atoms with Gasteiger partial charge in [0.15, 0.2) is 0 Å². The summed E-state index contributed by atoms with van der Waals surface area (Å²) in [5, 5.41) is 19.0. The van der Waals surface area contributed by atoms with Gasteiger partial charge in [0, 0.05) is 37.0 Å². The lowest BCUT2D eigenvalue weighted by Gasteiger charge is -2.33. The Balaban J connectivity index is 1.17. The average Bonchev–Trinajstić information content (AvgIpc) is 2.96. The van der Waals surface area contributed by atoms with Crippen molar-refractivity contribution in [2.45, 2.75) is 38.5 Å². The molecular formula is C31H35N5O3. The number of carboxylic acid groups (broad SMARTS) is 1. The number of carbonyl (C=O) groups is 2. The number of hydrogen-bond acceptors (Lipinski definition) is 6. The Hall–Kier alpha value is -4.20. The summed E-state index contributed by atoms with van der Waals surface area (Å²) in [4.78, 5) is 31.0. The van der Waals surface area contributed by atoms with Crippen LogP contribution >= 0.6 is 0 Å². The molecule has 2 N–H and O–H groups in total. The number of nitrogens with zero attached hydrogens (tertiary/aromatic N) is 4. The Morgan fingerprint density at radius 1 is 1.08 bits per heavy atom. The van der Waals surface area contributed by atoms with Crippen molar-refractivity contribution in [3.63, 3.8) is 0 Å². The molecule has 0 bridgehead atoms. The van der Waals surface area contributed by atoms with Crippen molar-refractivity contribution in [2.24, 2.45) is 11.0 Å². The van der Waals surface area contributed by atoms with Crippen LogP contribution in [0.1, 0.15) is 59.2 Å². The maximum Gasteiger partial charge on any atom is 0.303 e. The Labute approximate surface area is 229 Å². The highest BCUT2D eigenvalue weighted by atomic mass is 16.4. The van der Waals surface area contributed by atoms with Crippen molar-refractivity contribution in [1.29, 1.82) is 0 Å². The first-order valence-electron chi connectivity index (χ1n) is 13.7. The third-order valence-corrected chi connectivity index (χ3v) is 7.81. The number of aryl methyl sites for hydroxylation is 1. The van der Waals surface area contributed by atoms with Crippen LogP contribution in [-0.2, 0) is 11.2 Å². The number of benzene rings is 2. The summed E-state index contributed by atoms with van der Waals surface area (Å²) in [5.74, 6) is 0.402. The SMILES string of the molecule is CCC1c2cc(NC(=O)c3ccc(C=NN4CCN(c5ccccn5)CC4)cc3)ccc2CCC1CC(=O)O. The predicted molar refractivity (Wildman–Crippen MR) is 154 cm³/mol. The molecule has 2 unspecified atom stereocenters. The summed E-state index contributed by atoms with van der Waals surface area (Å²) in [6.45, 7) is 5.49. The zero-order valence-electron chi connectivity index (χ0n) is 22.3. The number of piperazine rings is 1. The lowest BCUT2D eigenvalue weighted by atomic mass is 9.72. The second-order valence-electron chi connectivity index (χ2n) is 10.3. The van der Waals surface area contributed by atoms with Gasteiger partial charge in [-0.25, -0.2) is 4.98 Å². The van der Waals surface area contributed by atoms with Gasteiger partial charge < -0.3 is 15.3 Å². The van der Waals surface area contributed by atoms with E-state index < -0.39 is 5.97 Å². The van der Waals surface area contributed by atoms with Gasteiger partial charge in [0.1, 0.15) is 5.82 Å². The number of hydrogen-bond donors (Lipinski definition) is 2. The van der Waals surface area contributed by atoms with Crippen molar-refractivity contribution < 1.29 is 14.7 Å². The van der Waals surface area contributed by atoms with Crippen LogP contribution in [0.25, 0.3) is 0 Å². The molecule has 2 atom stereocenters. The van der Waals surface area contributed by atoms with Crippen molar-refractivity contribution in [3.05, 3.63) is 89.1 Å². The molecule has 1 saturated heterocycles. The quantitative estimate of drug-likeness (QED) is 0.401. The van der Waals surface area contributed by atoms with Gasteiger partial charge in [0.2, 0.25) is 0 Å². The van der Waals surface area contributed by atoms with Crippen molar-refractivity contribution in [3.8, 4) is 0 Å². The van der Waals surface area contributed by atoms with E-state index >= 15 is 0 Å². The Kier molecular flexibility index (Phi) is 8.20. The number of fused-ring (bicyclic) bond motifs is 1. The molecule has 5 rings (SSSR count). The van der Waals surface area contributed by atoms with E-state index in [0.717, 1.165) is 62.5 Å². The van der Waals surface area contributed by atoms with E-state index in [1.165, 1.54) is 11.1 Å². The predicted octanol–water partition coefficient (Wildman–Crippen LogP) is 5.02. The van der Waals surface area contributed by atoms with E-state index in [-0.39, 0.29) is 24.2 Å². The normalized spacial score (nSPS) is 19.1. The molecule has 8 nitrogen and oxygen atoms in total. The molecular weight excluding hydrogens is 490 g/mol. The fraction of sp³-hybridized carbons (Fsp3) is 0.355. The number of nitrogens with one attached hydrogen (secondary N) is 1. The molecule has 0 spiro atoms. The van der Waals surface area contributed by atoms with Crippen molar-refractivity contribution >= 4 is 29.6 Å².